The van der Waals surface area contributed by atoms with Crippen molar-refractivity contribution in [2.45, 2.75) is 12.8 Å². The van der Waals surface area contributed by atoms with Crippen LogP contribution in [0.3, 0.4) is 0 Å². The van der Waals surface area contributed by atoms with Crippen molar-refractivity contribution in [1.82, 2.24) is 5.32 Å². The van der Waals surface area contributed by atoms with E-state index in [1.165, 1.54) is 0 Å². The molecule has 0 aliphatic heterocycles. The summed E-state index contributed by atoms with van der Waals surface area (Å²) in [5, 5.41) is 5.41. The Balaban J connectivity index is 1.76. The molecule has 2 aromatic carbocycles. The largest absolute Gasteiger partial charge is 0.366 e. The Kier molecular flexibility index (Phi) is 6.08. The number of primary amides is 1. The van der Waals surface area contributed by atoms with E-state index in [4.69, 9.17) is 5.73 Å². The Morgan fingerprint density at radius 1 is 0.917 bits per heavy atom. The lowest BCUT2D eigenvalue weighted by Crippen LogP contribution is -2.25. The number of hydrogen-bond donors (Lipinski definition) is 3. The molecule has 0 saturated carbocycles. The Labute approximate surface area is 140 Å². The van der Waals surface area contributed by atoms with Crippen molar-refractivity contribution in [1.29, 1.82) is 0 Å². The topological polar surface area (TPSA) is 101 Å². The van der Waals surface area contributed by atoms with Crippen LogP contribution in [0.4, 0.5) is 5.69 Å². The average Bonchev–Trinajstić information content (AvgIpc) is 2.59. The minimum absolute atomic E-state index is 0.171. The molecule has 0 spiro atoms. The number of hydrogen-bond acceptors (Lipinski definition) is 3. The van der Waals surface area contributed by atoms with Gasteiger partial charge in [0.25, 0.3) is 11.8 Å². The second-order valence-corrected chi connectivity index (χ2v) is 5.18. The van der Waals surface area contributed by atoms with Gasteiger partial charge in [0, 0.05) is 18.5 Å². The first-order valence-electron chi connectivity index (χ1n) is 7.60. The molecule has 2 aromatic rings. The number of nitrogens with two attached hydrogens (primary N) is 1. The molecule has 0 aliphatic carbocycles. The molecule has 4 N–H and O–H groups in total. The van der Waals surface area contributed by atoms with E-state index < -0.39 is 5.91 Å². The summed E-state index contributed by atoms with van der Waals surface area (Å²) in [6, 6.07) is 15.4. The van der Waals surface area contributed by atoms with E-state index in [0.717, 1.165) is 0 Å². The molecule has 0 aliphatic rings. The summed E-state index contributed by atoms with van der Waals surface area (Å²) in [6.07, 6.45) is 0.714. The lowest BCUT2D eigenvalue weighted by molar-refractivity contribution is -0.116. The highest BCUT2D eigenvalue weighted by atomic mass is 16.2. The maximum Gasteiger partial charge on any atom is 0.251 e. The van der Waals surface area contributed by atoms with Crippen LogP contribution in [0.5, 0.6) is 0 Å². The first kappa shape index (κ1) is 17.2. The Morgan fingerprint density at radius 2 is 1.58 bits per heavy atom. The van der Waals surface area contributed by atoms with Gasteiger partial charge >= 0.3 is 0 Å². The predicted octanol–water partition coefficient (Wildman–Crippen LogP) is 1.93. The molecule has 0 heterocycles. The van der Waals surface area contributed by atoms with Crippen molar-refractivity contribution in [2.75, 3.05) is 11.9 Å². The highest BCUT2D eigenvalue weighted by Crippen LogP contribution is 2.14. The van der Waals surface area contributed by atoms with Crippen LogP contribution in [0, 0.1) is 0 Å². The smallest absolute Gasteiger partial charge is 0.251 e. The third-order valence-corrected chi connectivity index (χ3v) is 3.37. The van der Waals surface area contributed by atoms with Gasteiger partial charge in [-0.1, -0.05) is 30.3 Å². The number of benzene rings is 2. The number of carbonyl (C=O) groups is 3. The molecular formula is C18H19N3O3. The molecule has 0 bridgehead atoms. The first-order chi connectivity index (χ1) is 11.6. The summed E-state index contributed by atoms with van der Waals surface area (Å²) in [6.45, 7) is 0.388. The number of carbonyl (C=O) groups excluding carboxylic acids is 3. The van der Waals surface area contributed by atoms with Gasteiger partial charge in [-0.2, -0.15) is 0 Å². The molecule has 0 radical (unpaired) electrons. The monoisotopic (exact) mass is 325 g/mol. The molecule has 0 aromatic heterocycles. The lowest BCUT2D eigenvalue weighted by Gasteiger charge is -2.09. The molecule has 3 amide bonds. The van der Waals surface area contributed by atoms with Crippen LogP contribution in [0.15, 0.2) is 54.6 Å². The number of para-hydroxylation sites is 1. The molecular weight excluding hydrogens is 306 g/mol. The van der Waals surface area contributed by atoms with Crippen molar-refractivity contribution in [3.63, 3.8) is 0 Å². The minimum atomic E-state index is -0.596. The minimum Gasteiger partial charge on any atom is -0.366 e. The van der Waals surface area contributed by atoms with E-state index in [1.54, 1.807) is 48.5 Å². The molecule has 2 rings (SSSR count). The first-order valence-corrected chi connectivity index (χ1v) is 7.60. The summed E-state index contributed by atoms with van der Waals surface area (Å²) < 4.78 is 0. The van der Waals surface area contributed by atoms with Crippen LogP contribution in [0.25, 0.3) is 0 Å². The molecule has 24 heavy (non-hydrogen) atoms. The quantitative estimate of drug-likeness (QED) is 0.678. The predicted molar refractivity (Wildman–Crippen MR) is 91.6 cm³/mol. The van der Waals surface area contributed by atoms with Gasteiger partial charge in [-0.3, -0.25) is 14.4 Å². The maximum atomic E-state index is 11.9. The second-order valence-electron chi connectivity index (χ2n) is 5.18. The van der Waals surface area contributed by atoms with Gasteiger partial charge in [0.1, 0.15) is 0 Å². The lowest BCUT2D eigenvalue weighted by atomic mass is 10.1. The molecule has 0 saturated heterocycles. The number of amides is 3. The second kappa shape index (κ2) is 8.47. The third-order valence-electron chi connectivity index (χ3n) is 3.37. The fourth-order valence-corrected chi connectivity index (χ4v) is 2.16. The fraction of sp³-hybridized carbons (Fsp3) is 0.167. The number of nitrogens with one attached hydrogen (secondary N) is 2. The molecule has 6 heteroatoms. The van der Waals surface area contributed by atoms with E-state index in [1.807, 2.05) is 6.07 Å². The van der Waals surface area contributed by atoms with Crippen molar-refractivity contribution in [3.8, 4) is 0 Å². The Bertz CT molecular complexity index is 729. The summed E-state index contributed by atoms with van der Waals surface area (Å²) in [5.41, 5.74) is 6.50. The average molecular weight is 325 g/mol. The zero-order chi connectivity index (χ0) is 17.4. The van der Waals surface area contributed by atoms with Gasteiger partial charge in [-0.05, 0) is 30.7 Å². The summed E-state index contributed by atoms with van der Waals surface area (Å²) in [5.74, 6) is -1.01. The van der Waals surface area contributed by atoms with Crippen molar-refractivity contribution in [2.24, 2.45) is 5.73 Å². The molecule has 0 unspecified atom stereocenters. The van der Waals surface area contributed by atoms with E-state index in [2.05, 4.69) is 10.6 Å². The van der Waals surface area contributed by atoms with Gasteiger partial charge < -0.3 is 16.4 Å². The van der Waals surface area contributed by atoms with Crippen LogP contribution in [0.1, 0.15) is 33.6 Å². The molecule has 0 fully saturated rings. The molecule has 124 valence electrons. The summed E-state index contributed by atoms with van der Waals surface area (Å²) in [4.78, 5) is 35.1. The van der Waals surface area contributed by atoms with Crippen LogP contribution in [0.2, 0.25) is 0 Å². The van der Waals surface area contributed by atoms with E-state index in [9.17, 15) is 14.4 Å². The third kappa shape index (κ3) is 4.95. The highest BCUT2D eigenvalue weighted by molar-refractivity contribution is 6.03. The van der Waals surface area contributed by atoms with E-state index >= 15 is 0 Å². The Hall–Kier alpha value is -3.15. The molecule has 0 atom stereocenters. The van der Waals surface area contributed by atoms with Crippen molar-refractivity contribution >= 4 is 23.4 Å². The normalized spacial score (nSPS) is 10.0. The Morgan fingerprint density at radius 3 is 2.29 bits per heavy atom. The zero-order valence-electron chi connectivity index (χ0n) is 13.1. The van der Waals surface area contributed by atoms with Crippen LogP contribution in [-0.2, 0) is 4.79 Å². The summed E-state index contributed by atoms with van der Waals surface area (Å²) >= 11 is 0. The van der Waals surface area contributed by atoms with E-state index in [-0.39, 0.29) is 23.8 Å². The van der Waals surface area contributed by atoms with Crippen molar-refractivity contribution < 1.29 is 14.4 Å². The molecule has 6 nitrogen and oxygen atoms in total. The number of rotatable bonds is 7. The van der Waals surface area contributed by atoms with Crippen molar-refractivity contribution in [3.05, 3.63) is 65.7 Å². The van der Waals surface area contributed by atoms with E-state index in [0.29, 0.717) is 24.2 Å². The van der Waals surface area contributed by atoms with Gasteiger partial charge in [-0.15, -0.1) is 0 Å². The van der Waals surface area contributed by atoms with Gasteiger partial charge in [0.2, 0.25) is 5.91 Å². The highest BCUT2D eigenvalue weighted by Gasteiger charge is 2.10. The van der Waals surface area contributed by atoms with Crippen LogP contribution < -0.4 is 16.4 Å². The zero-order valence-corrected chi connectivity index (χ0v) is 13.1. The SMILES string of the molecule is NC(=O)c1ccccc1NC(=O)CCCNC(=O)c1ccccc1. The van der Waals surface area contributed by atoms with Crippen LogP contribution >= 0.6 is 0 Å². The van der Waals surface area contributed by atoms with Gasteiger partial charge in [0.15, 0.2) is 0 Å². The maximum absolute atomic E-state index is 11.9. The van der Waals surface area contributed by atoms with Gasteiger partial charge in [-0.25, -0.2) is 0 Å². The fourth-order valence-electron chi connectivity index (χ4n) is 2.16. The standard InChI is InChI=1S/C18H19N3O3/c19-17(23)14-9-4-5-10-15(14)21-16(22)11-6-12-20-18(24)13-7-2-1-3-8-13/h1-5,7-10H,6,11-12H2,(H2,19,23)(H,20,24)(H,21,22). The number of anilines is 1. The van der Waals surface area contributed by atoms with Gasteiger partial charge in [0.05, 0.1) is 11.3 Å². The van der Waals surface area contributed by atoms with Crippen LogP contribution in [-0.4, -0.2) is 24.3 Å². The summed E-state index contributed by atoms with van der Waals surface area (Å²) in [7, 11) is 0.